The summed E-state index contributed by atoms with van der Waals surface area (Å²) in [6, 6.07) is 0.218. The van der Waals surface area contributed by atoms with E-state index in [1.165, 1.54) is 12.8 Å². The standard InChI is InChI=1S/C17H32F2N4O2.HI/c1-2-20-17(21-9-15(24)12-25-11-13-3-4-13)22-14-5-7-23(8-6-14)10-16(18)19;/h13-16,24H,2-12H2,1H3,(H2,20,21,22);1H. The SMILES string of the molecule is CCNC(=NCC(O)COCC1CC1)NC1CCN(CC(F)F)CC1.I. The van der Waals surface area contributed by atoms with Crippen LogP contribution in [0.5, 0.6) is 0 Å². The zero-order valence-corrected chi connectivity index (χ0v) is 17.8. The summed E-state index contributed by atoms with van der Waals surface area (Å²) >= 11 is 0. The van der Waals surface area contributed by atoms with Gasteiger partial charge in [0.15, 0.2) is 5.96 Å². The van der Waals surface area contributed by atoms with Crippen molar-refractivity contribution in [3.63, 3.8) is 0 Å². The van der Waals surface area contributed by atoms with Crippen LogP contribution < -0.4 is 10.6 Å². The number of aliphatic hydroxyl groups excluding tert-OH is 1. The van der Waals surface area contributed by atoms with Crippen LogP contribution in [0, 0.1) is 5.92 Å². The van der Waals surface area contributed by atoms with Gasteiger partial charge < -0.3 is 20.5 Å². The third kappa shape index (κ3) is 10.2. The van der Waals surface area contributed by atoms with Crippen LogP contribution in [-0.2, 0) is 4.74 Å². The van der Waals surface area contributed by atoms with Crippen molar-refractivity contribution in [2.45, 2.75) is 51.2 Å². The van der Waals surface area contributed by atoms with Crippen LogP contribution in [0.4, 0.5) is 8.78 Å². The molecule has 26 heavy (non-hydrogen) atoms. The van der Waals surface area contributed by atoms with E-state index in [1.807, 2.05) is 6.92 Å². The summed E-state index contributed by atoms with van der Waals surface area (Å²) in [5, 5.41) is 16.5. The molecule has 6 nitrogen and oxygen atoms in total. The molecule has 1 aliphatic carbocycles. The minimum atomic E-state index is -2.27. The fourth-order valence-corrected chi connectivity index (χ4v) is 2.87. The summed E-state index contributed by atoms with van der Waals surface area (Å²) in [5.41, 5.74) is 0. The first kappa shape index (κ1) is 23.8. The molecule has 2 rings (SSSR count). The van der Waals surface area contributed by atoms with Gasteiger partial charge in [0.1, 0.15) is 0 Å². The van der Waals surface area contributed by atoms with E-state index in [-0.39, 0.29) is 43.1 Å². The van der Waals surface area contributed by atoms with Gasteiger partial charge in [-0.15, -0.1) is 24.0 Å². The van der Waals surface area contributed by atoms with Crippen LogP contribution in [0.3, 0.4) is 0 Å². The van der Waals surface area contributed by atoms with E-state index in [2.05, 4.69) is 15.6 Å². The van der Waals surface area contributed by atoms with Crippen LogP contribution in [0.15, 0.2) is 4.99 Å². The molecule has 0 amide bonds. The van der Waals surface area contributed by atoms with Crippen molar-refractivity contribution in [2.24, 2.45) is 10.9 Å². The predicted molar refractivity (Wildman–Crippen MR) is 110 cm³/mol. The van der Waals surface area contributed by atoms with E-state index in [0.29, 0.717) is 31.6 Å². The molecule has 0 radical (unpaired) electrons. The molecule has 0 bridgehead atoms. The second-order valence-corrected chi connectivity index (χ2v) is 6.96. The van der Waals surface area contributed by atoms with Crippen molar-refractivity contribution in [2.75, 3.05) is 45.9 Å². The molecule has 1 aliphatic heterocycles. The number of guanidine groups is 1. The fraction of sp³-hybridized carbons (Fsp3) is 0.941. The molecule has 1 unspecified atom stereocenters. The van der Waals surface area contributed by atoms with Crippen molar-refractivity contribution >= 4 is 29.9 Å². The van der Waals surface area contributed by atoms with E-state index in [9.17, 15) is 13.9 Å². The zero-order valence-electron chi connectivity index (χ0n) is 15.5. The Balaban J connectivity index is 0.00000338. The molecule has 0 spiro atoms. The monoisotopic (exact) mass is 490 g/mol. The van der Waals surface area contributed by atoms with Crippen LogP contribution in [0.1, 0.15) is 32.6 Å². The van der Waals surface area contributed by atoms with Gasteiger partial charge in [-0.25, -0.2) is 8.78 Å². The summed E-state index contributed by atoms with van der Waals surface area (Å²) < 4.78 is 30.3. The molecule has 2 fully saturated rings. The van der Waals surface area contributed by atoms with Gasteiger partial charge in [-0.3, -0.25) is 9.89 Å². The fourth-order valence-electron chi connectivity index (χ4n) is 2.87. The van der Waals surface area contributed by atoms with Crippen molar-refractivity contribution in [1.29, 1.82) is 0 Å². The number of ether oxygens (including phenoxy) is 1. The molecule has 2 aliphatic rings. The summed E-state index contributed by atoms with van der Waals surface area (Å²) in [7, 11) is 0. The number of rotatable bonds is 10. The Bertz CT molecular complexity index is 406. The van der Waals surface area contributed by atoms with E-state index in [4.69, 9.17) is 4.74 Å². The van der Waals surface area contributed by atoms with Gasteiger partial charge in [-0.1, -0.05) is 0 Å². The molecule has 154 valence electrons. The topological polar surface area (TPSA) is 69.1 Å². The maximum absolute atomic E-state index is 12.4. The molecular weight excluding hydrogens is 457 g/mol. The number of halogens is 3. The number of piperidine rings is 1. The summed E-state index contributed by atoms with van der Waals surface area (Å²) in [6.45, 7) is 5.22. The molecule has 9 heteroatoms. The third-order valence-corrected chi connectivity index (χ3v) is 4.49. The van der Waals surface area contributed by atoms with Gasteiger partial charge >= 0.3 is 0 Å². The minimum Gasteiger partial charge on any atom is -0.389 e. The number of nitrogens with zero attached hydrogens (tertiary/aromatic N) is 2. The highest BCUT2D eigenvalue weighted by Crippen LogP contribution is 2.28. The lowest BCUT2D eigenvalue weighted by molar-refractivity contribution is 0.0368. The van der Waals surface area contributed by atoms with Crippen LogP contribution in [0.2, 0.25) is 0 Å². The second-order valence-electron chi connectivity index (χ2n) is 6.96. The summed E-state index contributed by atoms with van der Waals surface area (Å²) in [6.07, 6.45) is 1.21. The largest absolute Gasteiger partial charge is 0.389 e. The lowest BCUT2D eigenvalue weighted by Gasteiger charge is -2.32. The molecule has 1 heterocycles. The molecule has 1 saturated heterocycles. The number of hydrogen-bond acceptors (Lipinski definition) is 4. The van der Waals surface area contributed by atoms with Crippen molar-refractivity contribution in [1.82, 2.24) is 15.5 Å². The highest BCUT2D eigenvalue weighted by molar-refractivity contribution is 14.0. The van der Waals surface area contributed by atoms with Crippen LogP contribution in [0.25, 0.3) is 0 Å². The van der Waals surface area contributed by atoms with E-state index >= 15 is 0 Å². The number of aliphatic hydroxyl groups is 1. The average Bonchev–Trinajstić information content (AvgIpc) is 3.38. The zero-order chi connectivity index (χ0) is 18.1. The Hall–Kier alpha value is -0.260. The first-order valence-electron chi connectivity index (χ1n) is 9.38. The highest BCUT2D eigenvalue weighted by atomic mass is 127. The Morgan fingerprint density at radius 1 is 1.27 bits per heavy atom. The molecule has 0 aromatic heterocycles. The van der Waals surface area contributed by atoms with Crippen molar-refractivity contribution in [3.05, 3.63) is 0 Å². The van der Waals surface area contributed by atoms with Crippen LogP contribution >= 0.6 is 24.0 Å². The van der Waals surface area contributed by atoms with E-state index < -0.39 is 12.5 Å². The number of aliphatic imine (C=N–C) groups is 1. The molecule has 0 aromatic carbocycles. The molecule has 3 N–H and O–H groups in total. The first-order valence-corrected chi connectivity index (χ1v) is 9.38. The number of nitrogens with one attached hydrogen (secondary N) is 2. The smallest absolute Gasteiger partial charge is 0.251 e. The Morgan fingerprint density at radius 3 is 2.54 bits per heavy atom. The average molecular weight is 490 g/mol. The van der Waals surface area contributed by atoms with Gasteiger partial charge in [0, 0.05) is 32.3 Å². The third-order valence-electron chi connectivity index (χ3n) is 4.49. The normalized spacial score (nSPS) is 20.7. The number of alkyl halides is 2. The molecular formula is C17H33F2IN4O2. The quantitative estimate of drug-likeness (QED) is 0.247. The van der Waals surface area contributed by atoms with E-state index in [0.717, 1.165) is 26.0 Å². The maximum Gasteiger partial charge on any atom is 0.251 e. The number of hydrogen-bond donors (Lipinski definition) is 3. The Labute approximate surface area is 172 Å². The Morgan fingerprint density at radius 2 is 1.96 bits per heavy atom. The van der Waals surface area contributed by atoms with Gasteiger partial charge in [0.2, 0.25) is 0 Å². The van der Waals surface area contributed by atoms with Gasteiger partial charge in [0.25, 0.3) is 6.43 Å². The maximum atomic E-state index is 12.4. The lowest BCUT2D eigenvalue weighted by atomic mass is 10.1. The summed E-state index contributed by atoms with van der Waals surface area (Å²) in [4.78, 5) is 6.22. The van der Waals surface area contributed by atoms with Gasteiger partial charge in [0.05, 0.1) is 25.8 Å². The Kier molecular flexibility index (Phi) is 11.9. The molecule has 0 aromatic rings. The first-order chi connectivity index (χ1) is 12.1. The van der Waals surface area contributed by atoms with Gasteiger partial charge in [-0.2, -0.15) is 0 Å². The number of likely N-dealkylation sites (tertiary alicyclic amines) is 1. The van der Waals surface area contributed by atoms with Crippen LogP contribution in [-0.4, -0.2) is 80.5 Å². The summed E-state index contributed by atoms with van der Waals surface area (Å²) in [5.74, 6) is 1.35. The minimum absolute atomic E-state index is 0. The highest BCUT2D eigenvalue weighted by Gasteiger charge is 2.23. The van der Waals surface area contributed by atoms with Crippen molar-refractivity contribution < 1.29 is 18.6 Å². The predicted octanol–water partition coefficient (Wildman–Crippen LogP) is 1.68. The lowest BCUT2D eigenvalue weighted by Crippen LogP contribution is -2.49. The molecule has 1 atom stereocenters. The van der Waals surface area contributed by atoms with Crippen molar-refractivity contribution in [3.8, 4) is 0 Å². The molecule has 1 saturated carbocycles. The van der Waals surface area contributed by atoms with Gasteiger partial charge in [-0.05, 0) is 38.5 Å². The second kappa shape index (κ2) is 13.0. The van der Waals surface area contributed by atoms with E-state index in [1.54, 1.807) is 4.90 Å².